The van der Waals surface area contributed by atoms with E-state index in [-0.39, 0.29) is 18.9 Å². The molecular formula is C7H3BrLiN. The van der Waals surface area contributed by atoms with Crippen LogP contribution in [0.2, 0.25) is 0 Å². The summed E-state index contributed by atoms with van der Waals surface area (Å²) in [5.74, 6) is 0. The number of hydrogen-bond acceptors (Lipinski definition) is 1. The van der Waals surface area contributed by atoms with Gasteiger partial charge in [0.15, 0.2) is 0 Å². The maximum Gasteiger partial charge on any atom is 1.00 e. The summed E-state index contributed by atoms with van der Waals surface area (Å²) < 4.78 is 0.799. The van der Waals surface area contributed by atoms with Crippen LogP contribution in [0.1, 0.15) is 5.56 Å². The van der Waals surface area contributed by atoms with E-state index in [1.807, 2.05) is 18.2 Å². The van der Waals surface area contributed by atoms with Gasteiger partial charge in [-0.05, 0) is 6.07 Å². The Balaban J connectivity index is 0.000000810. The van der Waals surface area contributed by atoms with Gasteiger partial charge >= 0.3 is 18.9 Å². The Morgan fingerprint density at radius 1 is 1.60 bits per heavy atom. The number of hydrogen-bond donors (Lipinski definition) is 0. The summed E-state index contributed by atoms with van der Waals surface area (Å²) in [5.41, 5.74) is 0.553. The molecule has 1 aromatic rings. The first-order valence-corrected chi connectivity index (χ1v) is 3.20. The molecule has 1 nitrogen and oxygen atoms in total. The molecule has 0 aromatic heterocycles. The Morgan fingerprint density at radius 3 is 2.70 bits per heavy atom. The zero-order valence-electron chi connectivity index (χ0n) is 5.56. The zero-order valence-corrected chi connectivity index (χ0v) is 7.14. The van der Waals surface area contributed by atoms with E-state index in [0.717, 1.165) is 4.47 Å². The third-order valence-corrected chi connectivity index (χ3v) is 1.58. The van der Waals surface area contributed by atoms with E-state index in [9.17, 15) is 0 Å². The van der Waals surface area contributed by atoms with Gasteiger partial charge in [-0.15, -0.1) is 40.2 Å². The summed E-state index contributed by atoms with van der Waals surface area (Å²) in [6.07, 6.45) is 0. The van der Waals surface area contributed by atoms with Crippen molar-refractivity contribution < 1.29 is 18.9 Å². The average molecular weight is 188 g/mol. The number of benzene rings is 1. The van der Waals surface area contributed by atoms with Gasteiger partial charge in [0.05, 0.1) is 0 Å². The van der Waals surface area contributed by atoms with Crippen LogP contribution < -0.4 is 18.9 Å². The van der Waals surface area contributed by atoms with Crippen LogP contribution in [-0.4, -0.2) is 0 Å². The second-order valence-corrected chi connectivity index (χ2v) is 2.36. The molecule has 0 aliphatic rings. The van der Waals surface area contributed by atoms with Crippen LogP contribution in [0.25, 0.3) is 0 Å². The van der Waals surface area contributed by atoms with Crippen LogP contribution in [-0.2, 0) is 0 Å². The molecule has 0 atom stereocenters. The Hall–Kier alpha value is -0.213. The second-order valence-electron chi connectivity index (χ2n) is 1.50. The van der Waals surface area contributed by atoms with Crippen molar-refractivity contribution in [3.63, 3.8) is 0 Å². The van der Waals surface area contributed by atoms with E-state index in [1.165, 1.54) is 0 Å². The summed E-state index contributed by atoms with van der Waals surface area (Å²) >= 11 is 3.20. The maximum absolute atomic E-state index is 8.41. The third kappa shape index (κ3) is 2.19. The van der Waals surface area contributed by atoms with E-state index < -0.39 is 0 Å². The van der Waals surface area contributed by atoms with Gasteiger partial charge in [0.25, 0.3) is 0 Å². The number of halogens is 1. The van der Waals surface area contributed by atoms with Gasteiger partial charge in [0.2, 0.25) is 0 Å². The molecule has 0 heterocycles. The summed E-state index contributed by atoms with van der Waals surface area (Å²) in [5, 5.41) is 8.41. The van der Waals surface area contributed by atoms with Crippen molar-refractivity contribution in [3.05, 3.63) is 34.3 Å². The summed E-state index contributed by atoms with van der Waals surface area (Å²) in [6, 6.07) is 10.1. The molecule has 1 aromatic carbocycles. The minimum absolute atomic E-state index is 0. The van der Waals surface area contributed by atoms with Gasteiger partial charge < -0.3 is 0 Å². The largest absolute Gasteiger partial charge is 1.00 e. The summed E-state index contributed by atoms with van der Waals surface area (Å²) in [6.45, 7) is 0. The second kappa shape index (κ2) is 4.58. The Bertz CT molecular complexity index is 254. The molecule has 0 bridgehead atoms. The van der Waals surface area contributed by atoms with E-state index in [4.69, 9.17) is 5.26 Å². The quantitative estimate of drug-likeness (QED) is 0.383. The maximum atomic E-state index is 8.41. The monoisotopic (exact) mass is 187 g/mol. The van der Waals surface area contributed by atoms with Crippen LogP contribution in [0.5, 0.6) is 0 Å². The van der Waals surface area contributed by atoms with Crippen molar-refractivity contribution in [3.8, 4) is 6.07 Å². The van der Waals surface area contributed by atoms with Crippen LogP contribution in [0.15, 0.2) is 22.7 Å². The molecular weight excluding hydrogens is 185 g/mol. The van der Waals surface area contributed by atoms with Crippen molar-refractivity contribution in [1.29, 1.82) is 5.26 Å². The molecule has 0 aliphatic heterocycles. The SMILES string of the molecule is N#Cc1[c-]cccc1Br.[Li+]. The first-order valence-electron chi connectivity index (χ1n) is 2.41. The minimum Gasteiger partial charge on any atom is -0.262 e. The fraction of sp³-hybridized carbons (Fsp3) is 0. The van der Waals surface area contributed by atoms with Crippen molar-refractivity contribution in [2.24, 2.45) is 0 Å². The van der Waals surface area contributed by atoms with Crippen molar-refractivity contribution in [2.75, 3.05) is 0 Å². The first kappa shape index (κ1) is 9.79. The summed E-state index contributed by atoms with van der Waals surface area (Å²) in [7, 11) is 0. The Labute approximate surface area is 80.4 Å². The van der Waals surface area contributed by atoms with Gasteiger partial charge in [-0.1, -0.05) is 10.0 Å². The molecule has 0 spiro atoms. The van der Waals surface area contributed by atoms with E-state index in [1.54, 1.807) is 6.07 Å². The topological polar surface area (TPSA) is 23.8 Å². The molecule has 0 N–H and O–H groups in total. The van der Waals surface area contributed by atoms with Crippen LogP contribution >= 0.6 is 15.9 Å². The normalized spacial score (nSPS) is 7.60. The third-order valence-electron chi connectivity index (χ3n) is 0.917. The molecule has 0 radical (unpaired) electrons. The molecule has 0 saturated heterocycles. The van der Waals surface area contributed by atoms with Crippen LogP contribution in [0.3, 0.4) is 0 Å². The molecule has 0 amide bonds. The standard InChI is InChI=1S/C7H3BrN.Li/c8-7-4-2-1-3-6(7)5-9;/h1-2,4H;/q-1;+1. The molecule has 0 fully saturated rings. The molecule has 3 heteroatoms. The van der Waals surface area contributed by atoms with Gasteiger partial charge in [0, 0.05) is 0 Å². The molecule has 0 unspecified atom stereocenters. The molecule has 44 valence electrons. The van der Waals surface area contributed by atoms with E-state index in [0.29, 0.717) is 5.56 Å². The fourth-order valence-electron chi connectivity index (χ4n) is 0.502. The van der Waals surface area contributed by atoms with Crippen molar-refractivity contribution in [2.45, 2.75) is 0 Å². The van der Waals surface area contributed by atoms with Gasteiger partial charge in [0.1, 0.15) is 0 Å². The Morgan fingerprint density at radius 2 is 2.30 bits per heavy atom. The van der Waals surface area contributed by atoms with E-state index in [2.05, 4.69) is 22.0 Å². The van der Waals surface area contributed by atoms with Crippen molar-refractivity contribution in [1.82, 2.24) is 0 Å². The predicted molar refractivity (Wildman–Crippen MR) is 37.7 cm³/mol. The fourth-order valence-corrected chi connectivity index (χ4v) is 0.858. The Kier molecular flexibility index (Phi) is 4.48. The molecule has 0 saturated carbocycles. The van der Waals surface area contributed by atoms with Gasteiger partial charge in [-0.3, -0.25) is 5.26 Å². The predicted octanol–water partition coefficient (Wildman–Crippen LogP) is -0.875. The molecule has 1 rings (SSSR count). The summed E-state index contributed by atoms with van der Waals surface area (Å²) in [4.78, 5) is 0. The number of nitriles is 1. The van der Waals surface area contributed by atoms with Crippen LogP contribution in [0.4, 0.5) is 0 Å². The molecule has 0 aliphatic carbocycles. The van der Waals surface area contributed by atoms with Gasteiger partial charge in [-0.25, -0.2) is 0 Å². The van der Waals surface area contributed by atoms with Crippen molar-refractivity contribution >= 4 is 15.9 Å². The smallest absolute Gasteiger partial charge is 0.262 e. The number of nitrogens with zero attached hydrogens (tertiary/aromatic N) is 1. The van der Waals surface area contributed by atoms with Gasteiger partial charge in [-0.2, -0.15) is 0 Å². The molecule has 10 heavy (non-hydrogen) atoms. The number of rotatable bonds is 0. The first-order chi connectivity index (χ1) is 4.34. The van der Waals surface area contributed by atoms with E-state index >= 15 is 0 Å². The average Bonchev–Trinajstić information content (AvgIpc) is 1.89. The zero-order chi connectivity index (χ0) is 6.69. The van der Waals surface area contributed by atoms with Crippen LogP contribution in [0, 0.1) is 17.4 Å². The minimum atomic E-state index is 0.